The fraction of sp³-hybridized carbons (Fsp3) is 0.600. The maximum atomic E-state index is 5.42. The number of thioether (sulfide) groups is 1. The second-order valence-corrected chi connectivity index (χ2v) is 5.99. The van der Waals surface area contributed by atoms with Crippen LogP contribution in [0.4, 0.5) is 0 Å². The molecule has 0 aliphatic carbocycles. The van der Waals surface area contributed by atoms with E-state index in [0.717, 1.165) is 25.7 Å². The van der Waals surface area contributed by atoms with Gasteiger partial charge in [0.2, 0.25) is 0 Å². The topological polar surface area (TPSA) is 21.3 Å². The molecule has 1 N–H and O–H groups in total. The number of benzene rings is 1. The Labute approximate surface area is 114 Å². The van der Waals surface area contributed by atoms with Crippen molar-refractivity contribution in [2.45, 2.75) is 31.2 Å². The predicted molar refractivity (Wildman–Crippen MR) is 78.2 cm³/mol. The molecule has 1 heterocycles. The molecule has 3 heteroatoms. The summed E-state index contributed by atoms with van der Waals surface area (Å²) in [6.07, 6.45) is 1.22. The summed E-state index contributed by atoms with van der Waals surface area (Å²) < 4.78 is 5.42. The predicted octanol–water partition coefficient (Wildman–Crippen LogP) is 3.49. The minimum atomic E-state index is 0.436. The van der Waals surface area contributed by atoms with Crippen molar-refractivity contribution in [1.29, 1.82) is 0 Å². The van der Waals surface area contributed by atoms with Crippen LogP contribution in [0.25, 0.3) is 0 Å². The zero-order chi connectivity index (χ0) is 12.8. The standard InChI is InChI=1S/C15H23NOS/c1-3-16-12(2)14-5-4-6-15(9-14)18-11-13-7-8-17-10-13/h4-6,9,12-13,16H,3,7-8,10-11H2,1-2H3. The summed E-state index contributed by atoms with van der Waals surface area (Å²) in [4.78, 5) is 1.38. The highest BCUT2D eigenvalue weighted by Gasteiger charge is 2.15. The first kappa shape index (κ1) is 13.9. The summed E-state index contributed by atoms with van der Waals surface area (Å²) in [5.74, 6) is 1.92. The minimum absolute atomic E-state index is 0.436. The normalized spacial score (nSPS) is 21.1. The van der Waals surface area contributed by atoms with Crippen molar-refractivity contribution in [2.75, 3.05) is 25.5 Å². The van der Waals surface area contributed by atoms with Crippen LogP contribution in [0.1, 0.15) is 31.9 Å². The fourth-order valence-corrected chi connectivity index (χ4v) is 3.31. The maximum Gasteiger partial charge on any atom is 0.0503 e. The van der Waals surface area contributed by atoms with E-state index in [9.17, 15) is 0 Å². The Hall–Kier alpha value is -0.510. The Morgan fingerprint density at radius 1 is 1.50 bits per heavy atom. The summed E-state index contributed by atoms with van der Waals surface area (Å²) in [7, 11) is 0. The maximum absolute atomic E-state index is 5.42. The van der Waals surface area contributed by atoms with Gasteiger partial charge in [-0.15, -0.1) is 11.8 Å². The van der Waals surface area contributed by atoms with Crippen LogP contribution >= 0.6 is 11.8 Å². The second kappa shape index (κ2) is 7.17. The zero-order valence-electron chi connectivity index (χ0n) is 11.3. The lowest BCUT2D eigenvalue weighted by Crippen LogP contribution is -2.17. The second-order valence-electron chi connectivity index (χ2n) is 4.89. The Morgan fingerprint density at radius 2 is 2.39 bits per heavy atom. The lowest BCUT2D eigenvalue weighted by molar-refractivity contribution is 0.189. The summed E-state index contributed by atoms with van der Waals surface area (Å²) >= 11 is 1.96. The van der Waals surface area contributed by atoms with Crippen LogP contribution in [0, 0.1) is 5.92 Å². The SMILES string of the molecule is CCNC(C)c1cccc(SCC2CCOC2)c1. The summed E-state index contributed by atoms with van der Waals surface area (Å²) in [6, 6.07) is 9.33. The van der Waals surface area contributed by atoms with Crippen molar-refractivity contribution in [2.24, 2.45) is 5.92 Å². The van der Waals surface area contributed by atoms with Gasteiger partial charge in [-0.2, -0.15) is 0 Å². The first-order valence-electron chi connectivity index (χ1n) is 6.83. The highest BCUT2D eigenvalue weighted by molar-refractivity contribution is 7.99. The number of nitrogens with one attached hydrogen (secondary N) is 1. The van der Waals surface area contributed by atoms with Gasteiger partial charge in [0.1, 0.15) is 0 Å². The first-order valence-corrected chi connectivity index (χ1v) is 7.82. The van der Waals surface area contributed by atoms with Gasteiger partial charge in [-0.25, -0.2) is 0 Å². The van der Waals surface area contributed by atoms with Crippen molar-refractivity contribution in [3.05, 3.63) is 29.8 Å². The molecule has 2 atom stereocenters. The van der Waals surface area contributed by atoms with Crippen LogP contribution in [0.15, 0.2) is 29.2 Å². The van der Waals surface area contributed by atoms with Crippen LogP contribution in [-0.4, -0.2) is 25.5 Å². The Morgan fingerprint density at radius 3 is 3.11 bits per heavy atom. The summed E-state index contributed by atoms with van der Waals surface area (Å²) in [5.41, 5.74) is 1.38. The van der Waals surface area contributed by atoms with E-state index < -0.39 is 0 Å². The fourth-order valence-electron chi connectivity index (χ4n) is 2.23. The van der Waals surface area contributed by atoms with E-state index in [1.807, 2.05) is 11.8 Å². The molecule has 0 spiro atoms. The Balaban J connectivity index is 1.89. The quantitative estimate of drug-likeness (QED) is 0.796. The molecule has 0 aromatic heterocycles. The van der Waals surface area contributed by atoms with Gasteiger partial charge in [-0.3, -0.25) is 0 Å². The summed E-state index contributed by atoms with van der Waals surface area (Å²) in [6.45, 7) is 7.27. The average Bonchev–Trinajstić information content (AvgIpc) is 2.90. The van der Waals surface area contributed by atoms with Gasteiger partial charge in [0.05, 0.1) is 6.61 Å². The number of hydrogen-bond acceptors (Lipinski definition) is 3. The average molecular weight is 265 g/mol. The van der Waals surface area contributed by atoms with Gasteiger partial charge in [0.15, 0.2) is 0 Å². The monoisotopic (exact) mass is 265 g/mol. The third kappa shape index (κ3) is 4.01. The molecule has 0 bridgehead atoms. The van der Waals surface area contributed by atoms with Crippen LogP contribution in [0.5, 0.6) is 0 Å². The molecule has 1 fully saturated rings. The molecule has 2 nitrogen and oxygen atoms in total. The molecule has 1 saturated heterocycles. The Kier molecular flexibility index (Phi) is 5.54. The molecule has 1 aliphatic heterocycles. The highest BCUT2D eigenvalue weighted by Crippen LogP contribution is 2.26. The molecule has 0 saturated carbocycles. The third-order valence-corrected chi connectivity index (χ3v) is 4.60. The van der Waals surface area contributed by atoms with Crippen molar-refractivity contribution >= 4 is 11.8 Å². The largest absolute Gasteiger partial charge is 0.381 e. The molecule has 18 heavy (non-hydrogen) atoms. The molecule has 2 unspecified atom stereocenters. The van der Waals surface area contributed by atoms with E-state index in [1.54, 1.807) is 0 Å². The van der Waals surface area contributed by atoms with Gasteiger partial charge >= 0.3 is 0 Å². The van der Waals surface area contributed by atoms with Crippen molar-refractivity contribution in [1.82, 2.24) is 5.32 Å². The number of rotatable bonds is 6. The molecule has 0 radical (unpaired) electrons. The lowest BCUT2D eigenvalue weighted by Gasteiger charge is -2.14. The van der Waals surface area contributed by atoms with Crippen LogP contribution in [0.3, 0.4) is 0 Å². The zero-order valence-corrected chi connectivity index (χ0v) is 12.1. The van der Waals surface area contributed by atoms with E-state index in [2.05, 4.69) is 43.4 Å². The molecule has 2 rings (SSSR count). The molecule has 1 aromatic rings. The van der Waals surface area contributed by atoms with E-state index in [0.29, 0.717) is 6.04 Å². The van der Waals surface area contributed by atoms with Gasteiger partial charge in [-0.1, -0.05) is 19.1 Å². The smallest absolute Gasteiger partial charge is 0.0503 e. The number of hydrogen-bond donors (Lipinski definition) is 1. The van der Waals surface area contributed by atoms with Crippen molar-refractivity contribution < 1.29 is 4.74 Å². The van der Waals surface area contributed by atoms with E-state index in [-0.39, 0.29) is 0 Å². The molecule has 0 amide bonds. The van der Waals surface area contributed by atoms with Crippen molar-refractivity contribution in [3.8, 4) is 0 Å². The van der Waals surface area contributed by atoms with Crippen LogP contribution < -0.4 is 5.32 Å². The molecular formula is C15H23NOS. The molecular weight excluding hydrogens is 242 g/mol. The van der Waals surface area contributed by atoms with Crippen molar-refractivity contribution in [3.63, 3.8) is 0 Å². The van der Waals surface area contributed by atoms with Gasteiger partial charge in [0, 0.05) is 23.3 Å². The van der Waals surface area contributed by atoms with Crippen LogP contribution in [0.2, 0.25) is 0 Å². The van der Waals surface area contributed by atoms with E-state index in [4.69, 9.17) is 4.74 Å². The van der Waals surface area contributed by atoms with E-state index >= 15 is 0 Å². The molecule has 1 aliphatic rings. The van der Waals surface area contributed by atoms with Crippen LogP contribution in [-0.2, 0) is 4.74 Å². The van der Waals surface area contributed by atoms with Gasteiger partial charge in [-0.05, 0) is 43.5 Å². The third-order valence-electron chi connectivity index (χ3n) is 3.38. The highest BCUT2D eigenvalue weighted by atomic mass is 32.2. The molecule has 1 aromatic carbocycles. The van der Waals surface area contributed by atoms with Gasteiger partial charge in [0.25, 0.3) is 0 Å². The lowest BCUT2D eigenvalue weighted by atomic mass is 10.1. The first-order chi connectivity index (χ1) is 8.79. The number of ether oxygens (including phenoxy) is 1. The molecule has 100 valence electrons. The van der Waals surface area contributed by atoms with E-state index in [1.165, 1.54) is 22.6 Å². The minimum Gasteiger partial charge on any atom is -0.381 e. The summed E-state index contributed by atoms with van der Waals surface area (Å²) in [5, 5.41) is 3.46. The Bertz CT molecular complexity index is 363. The van der Waals surface area contributed by atoms with Gasteiger partial charge < -0.3 is 10.1 Å².